The third-order valence-electron chi connectivity index (χ3n) is 3.26. The van der Waals surface area contributed by atoms with Crippen molar-refractivity contribution >= 4 is 18.4 Å². The van der Waals surface area contributed by atoms with Crippen LogP contribution in [-0.2, 0) is 0 Å². The van der Waals surface area contributed by atoms with Crippen molar-refractivity contribution in [1.29, 1.82) is 0 Å². The summed E-state index contributed by atoms with van der Waals surface area (Å²) in [4.78, 5) is 0. The molecule has 0 amide bonds. The Morgan fingerprint density at radius 2 is 1.20 bits per heavy atom. The monoisotopic (exact) mass is 324 g/mol. The first-order valence-electron chi connectivity index (χ1n) is 7.66. The van der Waals surface area contributed by atoms with E-state index < -0.39 is 23.0 Å². The zero-order valence-electron chi connectivity index (χ0n) is 12.8. The summed E-state index contributed by atoms with van der Waals surface area (Å²) in [6, 6.07) is 0. The van der Waals surface area contributed by atoms with E-state index >= 15 is 0 Å². The van der Waals surface area contributed by atoms with Gasteiger partial charge in [0.25, 0.3) is 0 Å². The minimum absolute atomic E-state index is 1.02. The molecule has 15 heavy (non-hydrogen) atoms. The number of rotatable bonds is 10. The number of aliphatic hydroxyl groups is 1. The van der Waals surface area contributed by atoms with E-state index in [4.69, 9.17) is 2.74 Å². The molecular weight excluding hydrogens is 291 g/mol. The van der Waals surface area contributed by atoms with Crippen LogP contribution in [0.2, 0.25) is 13.3 Å². The fourth-order valence-corrected chi connectivity index (χ4v) is 14.0. The summed E-state index contributed by atoms with van der Waals surface area (Å²) in [5.74, 6) is 0. The van der Waals surface area contributed by atoms with Crippen molar-refractivity contribution in [3.05, 3.63) is 0 Å². The van der Waals surface area contributed by atoms with E-state index in [1.54, 1.807) is 0 Å². The molecule has 0 unspecified atom stereocenters. The van der Waals surface area contributed by atoms with Crippen LogP contribution in [0.1, 0.15) is 62.0 Å². The summed E-state index contributed by atoms with van der Waals surface area (Å²) in [7, 11) is 0. The van der Waals surface area contributed by atoms with Crippen LogP contribution in [0.5, 0.6) is 0 Å². The average molecular weight is 323 g/mol. The third kappa shape index (κ3) is 6.83. The van der Waals surface area contributed by atoms with Gasteiger partial charge in [-0.2, -0.15) is 0 Å². The molecule has 0 aliphatic heterocycles. The van der Waals surface area contributed by atoms with Crippen LogP contribution in [0.25, 0.3) is 0 Å². The Bertz CT molecular complexity index is 171. The number of unbranched alkanes of at least 4 members (excludes halogenated alkanes) is 3. The molecule has 92 valence electrons. The Balaban J connectivity index is 4.78. The van der Waals surface area contributed by atoms with Crippen LogP contribution in [-0.4, -0.2) is 28.1 Å². The van der Waals surface area contributed by atoms with E-state index in [1.165, 1.54) is 0 Å². The van der Waals surface area contributed by atoms with Gasteiger partial charge in [0.1, 0.15) is 0 Å². The minimum atomic E-state index is -3.02. The SMILES string of the molecule is [2H][C]([2H])(O)[Sn]([CH2]CCC)([CH2]CCC)[CH2]CCC. The molecule has 2 heteroatoms. The van der Waals surface area contributed by atoms with Crippen LogP contribution in [0.15, 0.2) is 0 Å². The third-order valence-corrected chi connectivity index (χ3v) is 15.8. The second-order valence-corrected chi connectivity index (χ2v) is 16.9. The Morgan fingerprint density at radius 1 is 0.867 bits per heavy atom. The normalized spacial score (nSPS) is 14.9. The summed E-state index contributed by atoms with van der Waals surface area (Å²) >= 11 is -3.02. The zero-order chi connectivity index (χ0) is 13.4. The van der Waals surface area contributed by atoms with Gasteiger partial charge in [-0.15, -0.1) is 0 Å². The summed E-state index contributed by atoms with van der Waals surface area (Å²) in [5.41, 5.74) is 0. The molecule has 0 aromatic rings. The molecule has 0 aliphatic carbocycles. The molecule has 0 rings (SSSR count). The van der Waals surface area contributed by atoms with Gasteiger partial charge in [-0.05, 0) is 0 Å². The van der Waals surface area contributed by atoms with Crippen molar-refractivity contribution < 1.29 is 7.85 Å². The molecule has 0 aromatic heterocycles. The Hall–Kier alpha value is 0.759. The quantitative estimate of drug-likeness (QED) is 0.592. The fraction of sp³-hybridized carbons (Fsp3) is 1.00. The molecule has 0 bridgehead atoms. The Morgan fingerprint density at radius 3 is 1.40 bits per heavy atom. The molecule has 1 N–H and O–H groups in total. The summed E-state index contributed by atoms with van der Waals surface area (Å²) < 4.78 is 17.0. The summed E-state index contributed by atoms with van der Waals surface area (Å²) in [5, 5.41) is 10.0. The molecule has 0 radical (unpaired) electrons. The van der Waals surface area contributed by atoms with Gasteiger partial charge in [-0.3, -0.25) is 0 Å². The maximum absolute atomic E-state index is 10.0. The van der Waals surface area contributed by atoms with Crippen molar-refractivity contribution in [2.24, 2.45) is 0 Å². The van der Waals surface area contributed by atoms with Crippen molar-refractivity contribution in [2.75, 3.05) is 4.57 Å². The van der Waals surface area contributed by atoms with Crippen LogP contribution in [0.4, 0.5) is 0 Å². The van der Waals surface area contributed by atoms with Gasteiger partial charge in [-0.25, -0.2) is 0 Å². The standard InChI is InChI=1S/3C4H9.CH3O.Sn/c3*1-3-4-2;1-2;/h3*1,3-4H2,2H3;2H,1H2;/i;;;1D2;. The van der Waals surface area contributed by atoms with E-state index in [-0.39, 0.29) is 0 Å². The van der Waals surface area contributed by atoms with E-state index in [2.05, 4.69) is 20.8 Å². The van der Waals surface area contributed by atoms with Crippen molar-refractivity contribution in [3.63, 3.8) is 0 Å². The van der Waals surface area contributed by atoms with Gasteiger partial charge in [-0.1, -0.05) is 0 Å². The van der Waals surface area contributed by atoms with Crippen molar-refractivity contribution in [2.45, 2.75) is 72.6 Å². The summed E-state index contributed by atoms with van der Waals surface area (Å²) in [6.45, 7) is 6.47. The van der Waals surface area contributed by atoms with Gasteiger partial charge in [0, 0.05) is 0 Å². The van der Waals surface area contributed by atoms with Gasteiger partial charge in [0.15, 0.2) is 0 Å². The van der Waals surface area contributed by atoms with E-state index in [0.29, 0.717) is 0 Å². The van der Waals surface area contributed by atoms with Gasteiger partial charge in [0.2, 0.25) is 0 Å². The molecule has 1 nitrogen and oxygen atoms in total. The molecule has 0 fully saturated rings. The number of hydrogen-bond acceptors (Lipinski definition) is 1. The Kier molecular flexibility index (Phi) is 8.11. The first-order valence-corrected chi connectivity index (χ1v) is 14.1. The maximum atomic E-state index is 10.0. The molecule has 0 saturated heterocycles. The summed E-state index contributed by atoms with van der Waals surface area (Å²) in [6.07, 6.45) is 6.66. The van der Waals surface area contributed by atoms with Crippen LogP contribution in [0, 0.1) is 0 Å². The van der Waals surface area contributed by atoms with E-state index in [1.807, 2.05) is 0 Å². The first-order chi connectivity index (χ1) is 7.93. The number of hydrogen-bond donors (Lipinski definition) is 1. The van der Waals surface area contributed by atoms with Crippen molar-refractivity contribution in [3.8, 4) is 0 Å². The van der Waals surface area contributed by atoms with Gasteiger partial charge >= 0.3 is 103 Å². The van der Waals surface area contributed by atoms with Crippen molar-refractivity contribution in [1.82, 2.24) is 0 Å². The van der Waals surface area contributed by atoms with Crippen LogP contribution < -0.4 is 0 Å². The zero-order valence-corrected chi connectivity index (χ0v) is 13.7. The topological polar surface area (TPSA) is 20.2 Å². The molecule has 0 atom stereocenters. The second kappa shape index (κ2) is 9.95. The molecule has 0 saturated carbocycles. The molecule has 0 aliphatic rings. The van der Waals surface area contributed by atoms with Gasteiger partial charge < -0.3 is 0 Å². The van der Waals surface area contributed by atoms with E-state index in [0.717, 1.165) is 51.8 Å². The first kappa shape index (κ1) is 12.2. The van der Waals surface area contributed by atoms with Crippen LogP contribution >= 0.6 is 0 Å². The fourth-order valence-electron chi connectivity index (χ4n) is 2.09. The molecule has 0 heterocycles. The molecule has 0 aromatic carbocycles. The Labute approximate surface area is 103 Å². The average Bonchev–Trinajstić information content (AvgIpc) is 2.27. The predicted octanol–water partition coefficient (Wildman–Crippen LogP) is 4.37. The molecular formula is C13H30OSn. The second-order valence-electron chi connectivity index (χ2n) is 4.70. The predicted molar refractivity (Wildman–Crippen MR) is 72.0 cm³/mol. The van der Waals surface area contributed by atoms with Gasteiger partial charge in [0.05, 0.1) is 0 Å². The van der Waals surface area contributed by atoms with Crippen LogP contribution in [0.3, 0.4) is 0 Å². The van der Waals surface area contributed by atoms with E-state index in [9.17, 15) is 5.11 Å². The molecule has 0 spiro atoms.